The van der Waals surface area contributed by atoms with Crippen LogP contribution in [0.5, 0.6) is 0 Å². The molecule has 0 radical (unpaired) electrons. The van der Waals surface area contributed by atoms with Crippen molar-refractivity contribution >= 4 is 5.97 Å². The lowest BCUT2D eigenvalue weighted by molar-refractivity contribution is -0.433. The van der Waals surface area contributed by atoms with E-state index in [1.54, 1.807) is 0 Å². The zero-order valence-corrected chi connectivity index (χ0v) is 8.48. The minimum absolute atomic E-state index is 0.728. The summed E-state index contributed by atoms with van der Waals surface area (Å²) in [5.41, 5.74) is 0. The highest BCUT2D eigenvalue weighted by molar-refractivity contribution is 5.66. The van der Waals surface area contributed by atoms with Gasteiger partial charge in [-0.05, 0) is 0 Å². The molecule has 5 N–H and O–H groups in total. The first-order valence-electron chi connectivity index (χ1n) is 4.56. The van der Waals surface area contributed by atoms with Crippen molar-refractivity contribution in [2.75, 3.05) is 6.61 Å². The maximum Gasteiger partial charge on any atom is 0.357 e. The van der Waals surface area contributed by atoms with Gasteiger partial charge in [0.2, 0.25) is 0 Å². The molecule has 0 bridgehead atoms. The molecule has 0 aromatic carbocycles. The van der Waals surface area contributed by atoms with Gasteiger partial charge in [-0.25, -0.2) is 0 Å². The number of aliphatic hydroxyl groups is 5. The van der Waals surface area contributed by atoms with Crippen molar-refractivity contribution in [1.82, 2.24) is 0 Å². The second kappa shape index (κ2) is 4.62. The molecule has 94 valence electrons. The number of aliphatic hydroxyl groups excluding tert-OH is 4. The quantitative estimate of drug-likeness (QED) is 0.249. The molecule has 0 aromatic rings. The summed E-state index contributed by atoms with van der Waals surface area (Å²) in [6.45, 7) is 0.230. The Morgan fingerprint density at radius 2 is 1.94 bits per heavy atom. The lowest BCUT2D eigenvalue weighted by atomic mass is 9.98. The molecule has 1 rings (SSSR count). The first-order chi connectivity index (χ1) is 7.31. The van der Waals surface area contributed by atoms with Crippen LogP contribution in [0.2, 0.25) is 0 Å². The van der Waals surface area contributed by atoms with Crippen LogP contribution >= 0.6 is 0 Å². The topological polar surface area (TPSA) is 137 Å². The van der Waals surface area contributed by atoms with Gasteiger partial charge in [0.25, 0.3) is 0 Å². The van der Waals surface area contributed by atoms with Gasteiger partial charge in [-0.3, -0.25) is 4.79 Å². The highest BCUT2D eigenvalue weighted by Gasteiger charge is 2.55. The Bertz CT molecular complexity index is 267. The zero-order valence-electron chi connectivity index (χ0n) is 8.48. The molecule has 16 heavy (non-hydrogen) atoms. The van der Waals surface area contributed by atoms with Crippen LogP contribution in [0.3, 0.4) is 0 Å². The predicted molar refractivity (Wildman–Crippen MR) is 46.7 cm³/mol. The van der Waals surface area contributed by atoms with Crippen LogP contribution in [0.15, 0.2) is 0 Å². The largest absolute Gasteiger partial charge is 0.406 e. The molecule has 1 heterocycles. The minimum Gasteiger partial charge on any atom is -0.406 e. The van der Waals surface area contributed by atoms with Gasteiger partial charge in [0.1, 0.15) is 18.3 Å². The van der Waals surface area contributed by atoms with E-state index in [9.17, 15) is 25.2 Å². The average molecular weight is 238 g/mol. The van der Waals surface area contributed by atoms with Crippen molar-refractivity contribution in [2.45, 2.75) is 37.3 Å². The molecular formula is C8H14O8. The van der Waals surface area contributed by atoms with E-state index < -0.39 is 43.0 Å². The normalized spacial score (nSPS) is 44.1. The molecule has 5 atom stereocenters. The Labute approximate surface area is 90.6 Å². The molecule has 1 saturated heterocycles. The van der Waals surface area contributed by atoms with Crippen molar-refractivity contribution in [3.8, 4) is 0 Å². The molecule has 0 aliphatic carbocycles. The molecule has 0 amide bonds. The smallest absolute Gasteiger partial charge is 0.357 e. The van der Waals surface area contributed by atoms with Gasteiger partial charge in [0, 0.05) is 6.92 Å². The van der Waals surface area contributed by atoms with Crippen molar-refractivity contribution in [3.05, 3.63) is 0 Å². The Balaban J connectivity index is 2.89. The van der Waals surface area contributed by atoms with E-state index in [1.807, 2.05) is 0 Å². The second-order valence-corrected chi connectivity index (χ2v) is 3.49. The number of carbonyl (C=O) groups excluding carboxylic acids is 1. The number of hydrogen-bond acceptors (Lipinski definition) is 8. The molecule has 0 spiro atoms. The molecule has 1 fully saturated rings. The Hall–Kier alpha value is -0.770. The molecule has 0 unspecified atom stereocenters. The lowest BCUT2D eigenvalue weighted by Crippen LogP contribution is -2.66. The summed E-state index contributed by atoms with van der Waals surface area (Å²) >= 11 is 0. The standard InChI is InChI=1S/C8H14O8/c1-3(10)15-8(14)7(13)6(12)5(11)4(2-9)16-8/h4-7,9,11-14H,2H2,1H3/t4-,5+,6+,7-,8-/m1/s1. The number of rotatable bonds is 2. The summed E-state index contributed by atoms with van der Waals surface area (Å²) < 4.78 is 8.94. The predicted octanol–water partition coefficient (Wildman–Crippen LogP) is -3.33. The molecule has 8 nitrogen and oxygen atoms in total. The van der Waals surface area contributed by atoms with Crippen LogP contribution in [-0.2, 0) is 14.3 Å². The highest BCUT2D eigenvalue weighted by atomic mass is 16.8. The summed E-state index contributed by atoms with van der Waals surface area (Å²) in [6.07, 6.45) is -6.82. The number of esters is 1. The van der Waals surface area contributed by atoms with Crippen molar-refractivity contribution < 1.29 is 39.8 Å². The number of ether oxygens (including phenoxy) is 2. The SMILES string of the molecule is CC(=O)O[C@@]1(O)O[C@H](CO)[C@H](O)[C@H](O)[C@H]1O. The van der Waals surface area contributed by atoms with Crippen LogP contribution in [0, 0.1) is 0 Å². The van der Waals surface area contributed by atoms with E-state index in [2.05, 4.69) is 9.47 Å². The van der Waals surface area contributed by atoms with E-state index in [0.29, 0.717) is 0 Å². The van der Waals surface area contributed by atoms with Gasteiger partial charge in [0.15, 0.2) is 6.10 Å². The summed E-state index contributed by atoms with van der Waals surface area (Å²) in [4.78, 5) is 10.7. The Morgan fingerprint density at radius 1 is 1.38 bits per heavy atom. The third-order valence-electron chi connectivity index (χ3n) is 2.22. The minimum atomic E-state index is -2.78. The summed E-state index contributed by atoms with van der Waals surface area (Å²) in [5.74, 6) is -3.74. The van der Waals surface area contributed by atoms with Crippen molar-refractivity contribution in [3.63, 3.8) is 0 Å². The average Bonchev–Trinajstić information content (AvgIpc) is 2.20. The highest BCUT2D eigenvalue weighted by Crippen LogP contribution is 2.29. The van der Waals surface area contributed by atoms with E-state index >= 15 is 0 Å². The van der Waals surface area contributed by atoms with Crippen LogP contribution in [-0.4, -0.2) is 68.5 Å². The molecule has 1 aliphatic heterocycles. The molecule has 0 aromatic heterocycles. The van der Waals surface area contributed by atoms with Gasteiger partial charge in [-0.1, -0.05) is 0 Å². The van der Waals surface area contributed by atoms with E-state index in [-0.39, 0.29) is 0 Å². The van der Waals surface area contributed by atoms with Crippen LogP contribution in [0.4, 0.5) is 0 Å². The van der Waals surface area contributed by atoms with Gasteiger partial charge in [0.05, 0.1) is 6.61 Å². The molecular weight excluding hydrogens is 224 g/mol. The van der Waals surface area contributed by atoms with Crippen LogP contribution in [0.1, 0.15) is 6.92 Å². The first kappa shape index (κ1) is 13.3. The fourth-order valence-corrected chi connectivity index (χ4v) is 1.41. The van der Waals surface area contributed by atoms with Gasteiger partial charge in [-0.2, -0.15) is 0 Å². The third-order valence-corrected chi connectivity index (χ3v) is 2.22. The lowest BCUT2D eigenvalue weighted by Gasteiger charge is -2.43. The van der Waals surface area contributed by atoms with E-state index in [1.165, 1.54) is 0 Å². The summed E-state index contributed by atoms with van der Waals surface area (Å²) in [5, 5.41) is 46.5. The summed E-state index contributed by atoms with van der Waals surface area (Å²) in [6, 6.07) is 0. The Morgan fingerprint density at radius 3 is 2.38 bits per heavy atom. The maximum absolute atomic E-state index is 10.7. The van der Waals surface area contributed by atoms with E-state index in [4.69, 9.17) is 5.11 Å². The van der Waals surface area contributed by atoms with Crippen LogP contribution in [0.25, 0.3) is 0 Å². The fraction of sp³-hybridized carbons (Fsp3) is 0.875. The van der Waals surface area contributed by atoms with Gasteiger partial charge >= 0.3 is 11.9 Å². The van der Waals surface area contributed by atoms with Crippen LogP contribution < -0.4 is 0 Å². The van der Waals surface area contributed by atoms with Gasteiger partial charge < -0.3 is 35.0 Å². The second-order valence-electron chi connectivity index (χ2n) is 3.49. The first-order valence-corrected chi connectivity index (χ1v) is 4.56. The number of hydrogen-bond donors (Lipinski definition) is 5. The van der Waals surface area contributed by atoms with Crippen molar-refractivity contribution in [1.29, 1.82) is 0 Å². The van der Waals surface area contributed by atoms with E-state index in [0.717, 1.165) is 6.92 Å². The molecule has 8 heteroatoms. The fourth-order valence-electron chi connectivity index (χ4n) is 1.41. The van der Waals surface area contributed by atoms with Crippen molar-refractivity contribution in [2.24, 2.45) is 0 Å². The summed E-state index contributed by atoms with van der Waals surface area (Å²) in [7, 11) is 0. The third kappa shape index (κ3) is 2.32. The maximum atomic E-state index is 10.7. The molecule has 0 saturated carbocycles. The zero-order chi connectivity index (χ0) is 12.5. The molecule has 1 aliphatic rings. The monoisotopic (exact) mass is 238 g/mol. The van der Waals surface area contributed by atoms with Gasteiger partial charge in [-0.15, -0.1) is 0 Å². The Kier molecular flexibility index (Phi) is 3.84. The number of carbonyl (C=O) groups is 1.